The van der Waals surface area contributed by atoms with Crippen molar-refractivity contribution in [2.75, 3.05) is 0 Å². The summed E-state index contributed by atoms with van der Waals surface area (Å²) in [6.07, 6.45) is 0. The molecule has 18 heavy (non-hydrogen) atoms. The van der Waals surface area contributed by atoms with Crippen LogP contribution in [0.2, 0.25) is 0 Å². The summed E-state index contributed by atoms with van der Waals surface area (Å²) in [6, 6.07) is 6.56. The molecule has 0 aliphatic carbocycles. The lowest BCUT2D eigenvalue weighted by Gasteiger charge is -2.02. The summed E-state index contributed by atoms with van der Waals surface area (Å²) in [6.45, 7) is 3.36. The Kier molecular flexibility index (Phi) is 4.01. The van der Waals surface area contributed by atoms with Crippen LogP contribution < -0.4 is 5.32 Å². The van der Waals surface area contributed by atoms with Gasteiger partial charge in [-0.15, -0.1) is 11.3 Å². The quantitative estimate of drug-likeness (QED) is 0.665. The van der Waals surface area contributed by atoms with E-state index < -0.39 is 4.92 Å². The van der Waals surface area contributed by atoms with Crippen molar-refractivity contribution in [2.45, 2.75) is 20.0 Å². The van der Waals surface area contributed by atoms with Crippen LogP contribution >= 0.6 is 11.3 Å². The largest absolute Gasteiger partial charge is 0.306 e. The Hall–Kier alpha value is -1.79. The molecule has 5 nitrogen and oxygen atoms in total. The first-order valence-electron chi connectivity index (χ1n) is 5.50. The van der Waals surface area contributed by atoms with Crippen LogP contribution in [0.5, 0.6) is 0 Å². The second-order valence-electron chi connectivity index (χ2n) is 3.91. The van der Waals surface area contributed by atoms with E-state index >= 15 is 0 Å². The minimum Gasteiger partial charge on any atom is -0.306 e. The summed E-state index contributed by atoms with van der Waals surface area (Å²) in [7, 11) is 0. The van der Waals surface area contributed by atoms with Crippen molar-refractivity contribution < 1.29 is 4.92 Å². The van der Waals surface area contributed by atoms with Crippen molar-refractivity contribution in [3.63, 3.8) is 0 Å². The van der Waals surface area contributed by atoms with Gasteiger partial charge in [0.05, 0.1) is 4.92 Å². The molecular weight excluding hydrogens is 250 g/mol. The van der Waals surface area contributed by atoms with E-state index in [0.717, 1.165) is 22.8 Å². The molecule has 94 valence electrons. The van der Waals surface area contributed by atoms with Gasteiger partial charge in [0.2, 0.25) is 0 Å². The van der Waals surface area contributed by atoms with Gasteiger partial charge < -0.3 is 5.32 Å². The minimum absolute atomic E-state index is 0.120. The zero-order valence-corrected chi connectivity index (χ0v) is 10.7. The fourth-order valence-corrected chi connectivity index (χ4v) is 2.27. The topological polar surface area (TPSA) is 68.1 Å². The van der Waals surface area contributed by atoms with E-state index in [9.17, 15) is 10.1 Å². The zero-order valence-electron chi connectivity index (χ0n) is 9.92. The van der Waals surface area contributed by atoms with E-state index in [0.29, 0.717) is 6.54 Å². The molecule has 0 unspecified atom stereocenters. The van der Waals surface area contributed by atoms with Crippen LogP contribution in [0.15, 0.2) is 29.6 Å². The van der Waals surface area contributed by atoms with Gasteiger partial charge in [-0.05, 0) is 12.5 Å². The second kappa shape index (κ2) is 5.70. The maximum Gasteiger partial charge on any atom is 0.269 e. The lowest BCUT2D eigenvalue weighted by atomic mass is 10.2. The van der Waals surface area contributed by atoms with Crippen molar-refractivity contribution in [1.29, 1.82) is 0 Å². The summed E-state index contributed by atoms with van der Waals surface area (Å²) < 4.78 is 0. The highest BCUT2D eigenvalue weighted by Crippen LogP contribution is 2.12. The third-order valence-electron chi connectivity index (χ3n) is 2.42. The predicted octanol–water partition coefficient (Wildman–Crippen LogP) is 2.65. The molecule has 2 aromatic rings. The first-order chi connectivity index (χ1) is 8.65. The second-order valence-corrected chi connectivity index (χ2v) is 4.85. The highest BCUT2D eigenvalue weighted by atomic mass is 32.1. The number of benzene rings is 1. The number of aryl methyl sites for hydroxylation is 1. The van der Waals surface area contributed by atoms with Crippen LogP contribution in [0.4, 0.5) is 5.69 Å². The number of hydrogen-bond acceptors (Lipinski definition) is 5. The summed E-state index contributed by atoms with van der Waals surface area (Å²) in [5.41, 5.74) is 2.18. The maximum absolute atomic E-state index is 10.5. The Labute approximate surface area is 109 Å². The average Bonchev–Trinajstić information content (AvgIpc) is 2.76. The van der Waals surface area contributed by atoms with Gasteiger partial charge in [0, 0.05) is 36.3 Å². The maximum atomic E-state index is 10.5. The first-order valence-corrected chi connectivity index (χ1v) is 6.38. The molecule has 1 aromatic carbocycles. The van der Waals surface area contributed by atoms with Crippen LogP contribution in [0.3, 0.4) is 0 Å². The lowest BCUT2D eigenvalue weighted by molar-refractivity contribution is -0.384. The van der Waals surface area contributed by atoms with Crippen LogP contribution in [0.25, 0.3) is 0 Å². The molecule has 0 saturated carbocycles. The van der Waals surface area contributed by atoms with Crippen molar-refractivity contribution in [2.24, 2.45) is 0 Å². The molecule has 0 aliphatic rings. The van der Waals surface area contributed by atoms with Gasteiger partial charge in [0.15, 0.2) is 0 Å². The number of nitrogens with zero attached hydrogens (tertiary/aromatic N) is 2. The van der Waals surface area contributed by atoms with Gasteiger partial charge in [0.25, 0.3) is 5.69 Å². The van der Waals surface area contributed by atoms with E-state index in [2.05, 4.69) is 10.3 Å². The van der Waals surface area contributed by atoms with E-state index in [1.54, 1.807) is 23.5 Å². The van der Waals surface area contributed by atoms with E-state index in [4.69, 9.17) is 0 Å². The molecule has 0 saturated heterocycles. The molecule has 0 fully saturated rings. The average molecular weight is 263 g/mol. The van der Waals surface area contributed by atoms with Crippen LogP contribution in [-0.2, 0) is 13.1 Å². The summed E-state index contributed by atoms with van der Waals surface area (Å²) in [5, 5.41) is 16.8. The molecule has 1 N–H and O–H groups in total. The highest BCUT2D eigenvalue weighted by Gasteiger charge is 2.04. The van der Waals surface area contributed by atoms with Crippen LogP contribution in [0.1, 0.15) is 16.3 Å². The predicted molar refractivity (Wildman–Crippen MR) is 70.5 cm³/mol. The normalized spacial score (nSPS) is 10.5. The van der Waals surface area contributed by atoms with Crippen LogP contribution in [0, 0.1) is 17.0 Å². The molecule has 1 aromatic heterocycles. The van der Waals surface area contributed by atoms with Gasteiger partial charge in [-0.1, -0.05) is 12.1 Å². The standard InChI is InChI=1S/C12H13N3O2S/c1-9-8-18-12(14-9)7-13-6-10-2-4-11(5-3-10)15(16)17/h2-5,8,13H,6-7H2,1H3. The molecule has 0 aliphatic heterocycles. The molecule has 6 heteroatoms. The number of aromatic nitrogens is 1. The molecule has 0 amide bonds. The molecule has 0 atom stereocenters. The summed E-state index contributed by atoms with van der Waals surface area (Å²) >= 11 is 1.63. The van der Waals surface area contributed by atoms with Crippen molar-refractivity contribution in [3.05, 3.63) is 56.0 Å². The van der Waals surface area contributed by atoms with Gasteiger partial charge in [0.1, 0.15) is 5.01 Å². The summed E-state index contributed by atoms with van der Waals surface area (Å²) in [5.74, 6) is 0. The third kappa shape index (κ3) is 3.35. The Balaban J connectivity index is 1.85. The zero-order chi connectivity index (χ0) is 13.0. The van der Waals surface area contributed by atoms with Crippen molar-refractivity contribution in [1.82, 2.24) is 10.3 Å². The monoisotopic (exact) mass is 263 g/mol. The Morgan fingerprint density at radius 2 is 2.06 bits per heavy atom. The highest BCUT2D eigenvalue weighted by molar-refractivity contribution is 7.09. The smallest absolute Gasteiger partial charge is 0.269 e. The molecule has 0 radical (unpaired) electrons. The van der Waals surface area contributed by atoms with Gasteiger partial charge in [-0.25, -0.2) is 4.98 Å². The Morgan fingerprint density at radius 1 is 1.33 bits per heavy atom. The molecule has 2 rings (SSSR count). The number of nitrogens with one attached hydrogen (secondary N) is 1. The van der Waals surface area contributed by atoms with E-state index in [1.165, 1.54) is 12.1 Å². The van der Waals surface area contributed by atoms with Gasteiger partial charge >= 0.3 is 0 Å². The number of hydrogen-bond donors (Lipinski definition) is 1. The number of nitro benzene ring substituents is 1. The fraction of sp³-hybridized carbons (Fsp3) is 0.250. The third-order valence-corrected chi connectivity index (χ3v) is 3.39. The number of nitro groups is 1. The number of thiazole rings is 1. The molecule has 1 heterocycles. The fourth-order valence-electron chi connectivity index (χ4n) is 1.53. The van der Waals surface area contributed by atoms with Crippen molar-refractivity contribution >= 4 is 17.0 Å². The molecule has 0 bridgehead atoms. The molecular formula is C12H13N3O2S. The number of rotatable bonds is 5. The lowest BCUT2D eigenvalue weighted by Crippen LogP contribution is -2.12. The minimum atomic E-state index is -0.393. The first kappa shape index (κ1) is 12.7. The van der Waals surface area contributed by atoms with Gasteiger partial charge in [-0.3, -0.25) is 10.1 Å². The van der Waals surface area contributed by atoms with E-state index in [1.807, 2.05) is 12.3 Å². The van der Waals surface area contributed by atoms with E-state index in [-0.39, 0.29) is 5.69 Å². The number of non-ortho nitro benzene ring substituents is 1. The molecule has 0 spiro atoms. The van der Waals surface area contributed by atoms with Gasteiger partial charge in [-0.2, -0.15) is 0 Å². The Morgan fingerprint density at radius 3 is 2.61 bits per heavy atom. The summed E-state index contributed by atoms with van der Waals surface area (Å²) in [4.78, 5) is 14.4. The SMILES string of the molecule is Cc1csc(CNCc2ccc([N+](=O)[O-])cc2)n1. The van der Waals surface area contributed by atoms with Crippen LogP contribution in [-0.4, -0.2) is 9.91 Å². The Bertz CT molecular complexity index is 537. The van der Waals surface area contributed by atoms with Crippen molar-refractivity contribution in [3.8, 4) is 0 Å².